The van der Waals surface area contributed by atoms with Crippen molar-refractivity contribution in [1.82, 2.24) is 9.97 Å². The van der Waals surface area contributed by atoms with Crippen LogP contribution >= 0.6 is 0 Å². The zero-order valence-corrected chi connectivity index (χ0v) is 12.4. The third-order valence-corrected chi connectivity index (χ3v) is 3.98. The quantitative estimate of drug-likeness (QED) is 0.860. The molecule has 2 rings (SSSR count). The maximum atomic E-state index is 13.1. The standard InChI is InChI=1S/C14H20F3N3O/c1-10(2)12-18-7-4-11(19-12)20-8-5-13(21-3,6-9-20)14(15,16)17/h4,7,10H,5-6,8-9H2,1-3H3. The van der Waals surface area contributed by atoms with E-state index >= 15 is 0 Å². The summed E-state index contributed by atoms with van der Waals surface area (Å²) < 4.78 is 44.2. The Kier molecular flexibility index (Phi) is 4.41. The number of anilines is 1. The Labute approximate surface area is 122 Å². The van der Waals surface area contributed by atoms with Crippen molar-refractivity contribution < 1.29 is 17.9 Å². The summed E-state index contributed by atoms with van der Waals surface area (Å²) in [7, 11) is 1.13. The van der Waals surface area contributed by atoms with E-state index in [1.54, 1.807) is 12.3 Å². The van der Waals surface area contributed by atoms with E-state index in [9.17, 15) is 13.2 Å². The fourth-order valence-corrected chi connectivity index (χ4v) is 2.52. The van der Waals surface area contributed by atoms with Crippen molar-refractivity contribution in [3.8, 4) is 0 Å². The molecule has 0 N–H and O–H groups in total. The van der Waals surface area contributed by atoms with Crippen LogP contribution in [0, 0.1) is 0 Å². The molecule has 0 unspecified atom stereocenters. The van der Waals surface area contributed by atoms with Gasteiger partial charge in [0, 0.05) is 45.2 Å². The third kappa shape index (κ3) is 3.12. The molecule has 0 aliphatic carbocycles. The minimum atomic E-state index is -4.34. The molecule has 0 atom stereocenters. The molecule has 1 aliphatic rings. The second kappa shape index (κ2) is 5.79. The van der Waals surface area contributed by atoms with Gasteiger partial charge in [-0.15, -0.1) is 0 Å². The van der Waals surface area contributed by atoms with Gasteiger partial charge in [-0.05, 0) is 6.07 Å². The van der Waals surface area contributed by atoms with Gasteiger partial charge < -0.3 is 9.64 Å². The molecule has 4 nitrogen and oxygen atoms in total. The highest BCUT2D eigenvalue weighted by Crippen LogP contribution is 2.41. The Balaban J connectivity index is 2.12. The molecule has 0 bridgehead atoms. The number of ether oxygens (including phenoxy) is 1. The van der Waals surface area contributed by atoms with Crippen molar-refractivity contribution >= 4 is 5.82 Å². The van der Waals surface area contributed by atoms with Crippen LogP contribution in [0.5, 0.6) is 0 Å². The summed E-state index contributed by atoms with van der Waals surface area (Å²) in [5.41, 5.74) is -2.03. The lowest BCUT2D eigenvalue weighted by Gasteiger charge is -2.42. The monoisotopic (exact) mass is 303 g/mol. The topological polar surface area (TPSA) is 38.2 Å². The Morgan fingerprint density at radius 2 is 1.90 bits per heavy atom. The molecule has 0 amide bonds. The van der Waals surface area contributed by atoms with Gasteiger partial charge in [-0.1, -0.05) is 13.8 Å². The van der Waals surface area contributed by atoms with Gasteiger partial charge in [0.1, 0.15) is 11.6 Å². The first-order valence-electron chi connectivity index (χ1n) is 6.99. The Hall–Kier alpha value is -1.37. The molecular formula is C14H20F3N3O. The van der Waals surface area contributed by atoms with Gasteiger partial charge in [0.15, 0.2) is 5.60 Å². The molecule has 1 aliphatic heterocycles. The van der Waals surface area contributed by atoms with Crippen LogP contribution in [0.15, 0.2) is 12.3 Å². The second-order valence-electron chi connectivity index (χ2n) is 5.61. The first kappa shape index (κ1) is 16.0. The van der Waals surface area contributed by atoms with E-state index in [0.717, 1.165) is 7.11 Å². The third-order valence-electron chi connectivity index (χ3n) is 3.98. The minimum Gasteiger partial charge on any atom is -0.369 e. The van der Waals surface area contributed by atoms with Crippen LogP contribution in [-0.4, -0.2) is 41.9 Å². The molecule has 2 heterocycles. The van der Waals surface area contributed by atoms with Crippen molar-refractivity contribution in [2.45, 2.75) is 44.4 Å². The van der Waals surface area contributed by atoms with Gasteiger partial charge >= 0.3 is 6.18 Å². The number of alkyl halides is 3. The Morgan fingerprint density at radius 1 is 1.29 bits per heavy atom. The van der Waals surface area contributed by atoms with E-state index in [1.165, 1.54) is 0 Å². The number of rotatable bonds is 3. The van der Waals surface area contributed by atoms with Crippen molar-refractivity contribution in [2.75, 3.05) is 25.1 Å². The number of hydrogen-bond acceptors (Lipinski definition) is 4. The highest BCUT2D eigenvalue weighted by Gasteiger charge is 2.56. The van der Waals surface area contributed by atoms with Gasteiger partial charge in [-0.3, -0.25) is 0 Å². The first-order chi connectivity index (χ1) is 9.79. The van der Waals surface area contributed by atoms with Crippen molar-refractivity contribution in [1.29, 1.82) is 0 Å². The highest BCUT2D eigenvalue weighted by molar-refractivity contribution is 5.38. The van der Waals surface area contributed by atoms with Gasteiger partial charge in [-0.2, -0.15) is 13.2 Å². The summed E-state index contributed by atoms with van der Waals surface area (Å²) in [4.78, 5) is 10.5. The van der Waals surface area contributed by atoms with Crippen LogP contribution in [0.1, 0.15) is 38.4 Å². The number of hydrogen-bond donors (Lipinski definition) is 0. The summed E-state index contributed by atoms with van der Waals surface area (Å²) in [6.45, 7) is 4.49. The Morgan fingerprint density at radius 3 is 2.38 bits per heavy atom. The molecule has 21 heavy (non-hydrogen) atoms. The summed E-state index contributed by atoms with van der Waals surface area (Å²) in [5.74, 6) is 1.57. The number of aromatic nitrogens is 2. The largest absolute Gasteiger partial charge is 0.417 e. The molecule has 0 aromatic carbocycles. The molecule has 1 saturated heterocycles. The van der Waals surface area contributed by atoms with E-state index < -0.39 is 11.8 Å². The molecule has 7 heteroatoms. The van der Waals surface area contributed by atoms with Gasteiger partial charge in [0.05, 0.1) is 0 Å². The van der Waals surface area contributed by atoms with E-state index in [1.807, 2.05) is 18.7 Å². The molecule has 0 spiro atoms. The lowest BCUT2D eigenvalue weighted by Crippen LogP contribution is -2.54. The molecule has 1 aromatic heterocycles. The molecule has 1 fully saturated rings. The average Bonchev–Trinajstić information content (AvgIpc) is 2.46. The smallest absolute Gasteiger partial charge is 0.369 e. The Bertz CT molecular complexity index is 483. The van der Waals surface area contributed by atoms with Gasteiger partial charge in [0.2, 0.25) is 0 Å². The van der Waals surface area contributed by atoms with Crippen LogP contribution in [-0.2, 0) is 4.74 Å². The number of piperidine rings is 1. The minimum absolute atomic E-state index is 0.0893. The first-order valence-corrected chi connectivity index (χ1v) is 6.99. The van der Waals surface area contributed by atoms with Crippen molar-refractivity contribution in [2.24, 2.45) is 0 Å². The van der Waals surface area contributed by atoms with E-state index in [0.29, 0.717) is 11.6 Å². The molecule has 0 saturated carbocycles. The summed E-state index contributed by atoms with van der Waals surface area (Å²) in [5, 5.41) is 0. The van der Waals surface area contributed by atoms with Gasteiger partial charge in [0.25, 0.3) is 0 Å². The zero-order valence-electron chi connectivity index (χ0n) is 12.4. The fourth-order valence-electron chi connectivity index (χ4n) is 2.52. The zero-order chi connectivity index (χ0) is 15.7. The predicted molar refractivity (Wildman–Crippen MR) is 73.4 cm³/mol. The molecule has 118 valence electrons. The van der Waals surface area contributed by atoms with Crippen LogP contribution in [0.2, 0.25) is 0 Å². The summed E-state index contributed by atoms with van der Waals surface area (Å²) >= 11 is 0. The van der Waals surface area contributed by atoms with E-state index in [2.05, 4.69) is 9.97 Å². The van der Waals surface area contributed by atoms with Gasteiger partial charge in [-0.25, -0.2) is 9.97 Å². The number of methoxy groups -OCH3 is 1. The predicted octanol–water partition coefficient (Wildman–Crippen LogP) is 3.15. The van der Waals surface area contributed by atoms with Crippen LogP contribution in [0.3, 0.4) is 0 Å². The maximum Gasteiger partial charge on any atom is 0.417 e. The number of nitrogens with zero attached hydrogens (tertiary/aromatic N) is 3. The number of halogens is 3. The van der Waals surface area contributed by atoms with Crippen LogP contribution in [0.25, 0.3) is 0 Å². The SMILES string of the molecule is COC1(C(F)(F)F)CCN(c2ccnc(C(C)C)n2)CC1. The lowest BCUT2D eigenvalue weighted by molar-refractivity contribution is -0.276. The average molecular weight is 303 g/mol. The van der Waals surface area contributed by atoms with Crippen molar-refractivity contribution in [3.05, 3.63) is 18.1 Å². The van der Waals surface area contributed by atoms with E-state index in [4.69, 9.17) is 4.74 Å². The second-order valence-corrected chi connectivity index (χ2v) is 5.61. The highest BCUT2D eigenvalue weighted by atomic mass is 19.4. The molecule has 0 radical (unpaired) electrons. The normalized spacial score (nSPS) is 19.1. The fraction of sp³-hybridized carbons (Fsp3) is 0.714. The molecular weight excluding hydrogens is 283 g/mol. The van der Waals surface area contributed by atoms with E-state index in [-0.39, 0.29) is 31.8 Å². The van der Waals surface area contributed by atoms with Crippen LogP contribution < -0.4 is 4.90 Å². The van der Waals surface area contributed by atoms with Crippen molar-refractivity contribution in [3.63, 3.8) is 0 Å². The lowest BCUT2D eigenvalue weighted by atomic mass is 9.90. The summed E-state index contributed by atoms with van der Waals surface area (Å²) in [6, 6.07) is 1.74. The summed E-state index contributed by atoms with van der Waals surface area (Å²) in [6.07, 6.45) is -2.87. The molecule has 1 aromatic rings. The van der Waals surface area contributed by atoms with Crippen LogP contribution in [0.4, 0.5) is 19.0 Å². The maximum absolute atomic E-state index is 13.1.